The molecule has 0 atom stereocenters. The Morgan fingerprint density at radius 2 is 1.83 bits per heavy atom. The lowest BCUT2D eigenvalue weighted by atomic mass is 10.2. The van der Waals surface area contributed by atoms with Crippen molar-refractivity contribution in [3.63, 3.8) is 0 Å². The molecule has 0 amide bonds. The molecule has 3 aromatic rings. The van der Waals surface area contributed by atoms with E-state index in [-0.39, 0.29) is 5.56 Å². The highest BCUT2D eigenvalue weighted by molar-refractivity contribution is 6.31. The summed E-state index contributed by atoms with van der Waals surface area (Å²) in [5, 5.41) is 8.90. The summed E-state index contributed by atoms with van der Waals surface area (Å²) in [6.07, 6.45) is 0. The van der Waals surface area contributed by atoms with Crippen molar-refractivity contribution < 1.29 is 0 Å². The van der Waals surface area contributed by atoms with Crippen LogP contribution in [0.1, 0.15) is 0 Å². The number of benzene rings is 2. The number of fused-ring (bicyclic) bond motifs is 1. The van der Waals surface area contributed by atoms with Crippen LogP contribution in [0.5, 0.6) is 0 Å². The van der Waals surface area contributed by atoms with Gasteiger partial charge in [0.2, 0.25) is 0 Å². The molecular weight excluding hydrogens is 250 g/mol. The van der Waals surface area contributed by atoms with E-state index in [2.05, 4.69) is 10.3 Å². The van der Waals surface area contributed by atoms with Crippen molar-refractivity contribution in [2.75, 3.05) is 0 Å². The molecule has 88 valence electrons. The number of hydrogen-bond donors (Lipinski definition) is 0. The SMILES string of the molecule is O=c1c2cc(Cl)ccc2nnn1-c1ccccc1. The van der Waals surface area contributed by atoms with Crippen molar-refractivity contribution in [2.24, 2.45) is 0 Å². The fraction of sp³-hybridized carbons (Fsp3) is 0. The van der Waals surface area contributed by atoms with Crippen molar-refractivity contribution in [1.29, 1.82) is 0 Å². The molecule has 0 saturated carbocycles. The quantitative estimate of drug-likeness (QED) is 0.673. The van der Waals surface area contributed by atoms with Gasteiger partial charge in [-0.2, -0.15) is 4.68 Å². The summed E-state index contributed by atoms with van der Waals surface area (Å²) in [6, 6.07) is 14.1. The smallest absolute Gasteiger partial charge is 0.267 e. The molecule has 0 unspecified atom stereocenters. The second-order valence-corrected chi connectivity index (χ2v) is 4.24. The molecule has 2 aromatic carbocycles. The van der Waals surface area contributed by atoms with E-state index in [9.17, 15) is 4.79 Å². The zero-order valence-electron chi connectivity index (χ0n) is 9.25. The van der Waals surface area contributed by atoms with E-state index in [1.807, 2.05) is 18.2 Å². The first-order chi connectivity index (χ1) is 8.75. The second kappa shape index (κ2) is 4.23. The second-order valence-electron chi connectivity index (χ2n) is 3.80. The zero-order valence-corrected chi connectivity index (χ0v) is 10.0. The average Bonchev–Trinajstić information content (AvgIpc) is 2.41. The maximum Gasteiger partial charge on any atom is 0.282 e. The van der Waals surface area contributed by atoms with Gasteiger partial charge in [-0.05, 0) is 30.3 Å². The number of hydrogen-bond acceptors (Lipinski definition) is 3. The van der Waals surface area contributed by atoms with Crippen LogP contribution in [0, 0.1) is 0 Å². The molecule has 0 spiro atoms. The maximum atomic E-state index is 12.3. The number of para-hydroxylation sites is 1. The van der Waals surface area contributed by atoms with E-state index >= 15 is 0 Å². The Labute approximate surface area is 107 Å². The van der Waals surface area contributed by atoms with Crippen LogP contribution in [0.4, 0.5) is 0 Å². The normalized spacial score (nSPS) is 10.7. The maximum absolute atomic E-state index is 12.3. The van der Waals surface area contributed by atoms with Crippen LogP contribution in [-0.4, -0.2) is 15.0 Å². The van der Waals surface area contributed by atoms with Crippen LogP contribution in [-0.2, 0) is 0 Å². The highest BCUT2D eigenvalue weighted by Crippen LogP contribution is 2.14. The molecule has 0 aliphatic rings. The minimum absolute atomic E-state index is 0.228. The highest BCUT2D eigenvalue weighted by Gasteiger charge is 2.07. The van der Waals surface area contributed by atoms with Crippen molar-refractivity contribution in [2.45, 2.75) is 0 Å². The largest absolute Gasteiger partial charge is 0.282 e. The third kappa shape index (κ3) is 1.76. The van der Waals surface area contributed by atoms with E-state index in [4.69, 9.17) is 11.6 Å². The Morgan fingerprint density at radius 1 is 1.06 bits per heavy atom. The number of aromatic nitrogens is 3. The van der Waals surface area contributed by atoms with Gasteiger partial charge in [0.15, 0.2) is 0 Å². The first-order valence-electron chi connectivity index (χ1n) is 5.36. The minimum atomic E-state index is -0.228. The molecule has 0 fully saturated rings. The molecule has 5 heteroatoms. The van der Waals surface area contributed by atoms with Crippen molar-refractivity contribution in [3.05, 3.63) is 63.9 Å². The fourth-order valence-electron chi connectivity index (χ4n) is 1.75. The Hall–Kier alpha value is -2.20. The Kier molecular flexibility index (Phi) is 2.57. The lowest BCUT2D eigenvalue weighted by Crippen LogP contribution is -2.22. The molecule has 4 nitrogen and oxygen atoms in total. The minimum Gasteiger partial charge on any atom is -0.267 e. The van der Waals surface area contributed by atoms with E-state index in [1.54, 1.807) is 30.3 Å². The van der Waals surface area contributed by atoms with Gasteiger partial charge in [0, 0.05) is 5.02 Å². The summed E-state index contributed by atoms with van der Waals surface area (Å²) < 4.78 is 1.26. The van der Waals surface area contributed by atoms with Crippen molar-refractivity contribution in [3.8, 4) is 5.69 Å². The molecule has 0 saturated heterocycles. The standard InChI is InChI=1S/C13H8ClN3O/c14-9-6-7-12-11(8-9)13(18)17(16-15-12)10-4-2-1-3-5-10/h1-8H. The summed E-state index contributed by atoms with van der Waals surface area (Å²) in [4.78, 5) is 12.3. The van der Waals surface area contributed by atoms with E-state index in [0.717, 1.165) is 0 Å². The van der Waals surface area contributed by atoms with E-state index in [0.29, 0.717) is 21.6 Å². The summed E-state index contributed by atoms with van der Waals surface area (Å²) in [5.74, 6) is 0. The Balaban J connectivity index is 2.33. The van der Waals surface area contributed by atoms with Gasteiger partial charge in [-0.25, -0.2) is 0 Å². The molecule has 1 aromatic heterocycles. The van der Waals surface area contributed by atoms with Gasteiger partial charge in [0.1, 0.15) is 5.52 Å². The topological polar surface area (TPSA) is 47.8 Å². The fourth-order valence-corrected chi connectivity index (χ4v) is 1.92. The van der Waals surface area contributed by atoms with Crippen molar-refractivity contribution in [1.82, 2.24) is 15.0 Å². The third-order valence-corrected chi connectivity index (χ3v) is 2.86. The number of rotatable bonds is 1. The van der Waals surface area contributed by atoms with Gasteiger partial charge in [-0.3, -0.25) is 4.79 Å². The first-order valence-corrected chi connectivity index (χ1v) is 5.74. The van der Waals surface area contributed by atoms with E-state index < -0.39 is 0 Å². The third-order valence-electron chi connectivity index (χ3n) is 2.62. The summed E-state index contributed by atoms with van der Waals surface area (Å²) in [6.45, 7) is 0. The molecule has 0 aliphatic heterocycles. The highest BCUT2D eigenvalue weighted by atomic mass is 35.5. The van der Waals surface area contributed by atoms with Crippen LogP contribution in [0.3, 0.4) is 0 Å². The van der Waals surface area contributed by atoms with Crippen LogP contribution in [0.2, 0.25) is 5.02 Å². The Morgan fingerprint density at radius 3 is 2.61 bits per heavy atom. The number of halogens is 1. The lowest BCUT2D eigenvalue weighted by molar-refractivity contribution is 0.738. The van der Waals surface area contributed by atoms with Crippen molar-refractivity contribution >= 4 is 22.5 Å². The molecule has 0 bridgehead atoms. The lowest BCUT2D eigenvalue weighted by Gasteiger charge is -2.04. The average molecular weight is 258 g/mol. The van der Waals surface area contributed by atoms with Gasteiger partial charge < -0.3 is 0 Å². The Bertz CT molecular complexity index is 768. The van der Waals surface area contributed by atoms with Gasteiger partial charge in [0.05, 0.1) is 11.1 Å². The molecule has 0 N–H and O–H groups in total. The molecule has 1 heterocycles. The van der Waals surface area contributed by atoms with E-state index in [1.165, 1.54) is 4.68 Å². The monoisotopic (exact) mass is 257 g/mol. The van der Waals surface area contributed by atoms with Gasteiger partial charge in [0.25, 0.3) is 5.56 Å². The van der Waals surface area contributed by atoms with Gasteiger partial charge in [-0.15, -0.1) is 5.10 Å². The molecule has 0 aliphatic carbocycles. The zero-order chi connectivity index (χ0) is 12.5. The summed E-state index contributed by atoms with van der Waals surface area (Å²) >= 11 is 5.89. The van der Waals surface area contributed by atoms with Crippen LogP contribution in [0.25, 0.3) is 16.6 Å². The molecular formula is C13H8ClN3O. The summed E-state index contributed by atoms with van der Waals surface area (Å²) in [5.41, 5.74) is 0.988. The first kappa shape index (κ1) is 10.9. The summed E-state index contributed by atoms with van der Waals surface area (Å²) in [7, 11) is 0. The molecule has 18 heavy (non-hydrogen) atoms. The van der Waals surface area contributed by atoms with Crippen LogP contribution < -0.4 is 5.56 Å². The van der Waals surface area contributed by atoms with Crippen LogP contribution in [0.15, 0.2) is 53.3 Å². The van der Waals surface area contributed by atoms with Crippen LogP contribution >= 0.6 is 11.6 Å². The molecule has 0 radical (unpaired) electrons. The number of nitrogens with zero attached hydrogens (tertiary/aromatic N) is 3. The molecule has 3 rings (SSSR count). The predicted octanol–water partition coefficient (Wildman–Crippen LogP) is 2.43. The predicted molar refractivity (Wildman–Crippen MR) is 70.1 cm³/mol. The van der Waals surface area contributed by atoms with Gasteiger partial charge >= 0.3 is 0 Å². The van der Waals surface area contributed by atoms with Gasteiger partial charge in [-0.1, -0.05) is 35.0 Å².